The summed E-state index contributed by atoms with van der Waals surface area (Å²) < 4.78 is 12.4. The Labute approximate surface area is 110 Å². The van der Waals surface area contributed by atoms with Gasteiger partial charge in [-0.25, -0.2) is 0 Å². The molecule has 1 aromatic heterocycles. The maximum Gasteiger partial charge on any atom is 0.252 e. The first-order valence-electron chi connectivity index (χ1n) is 6.02. The first kappa shape index (κ1) is 11.6. The zero-order valence-electron chi connectivity index (χ0n) is 10.6. The summed E-state index contributed by atoms with van der Waals surface area (Å²) in [4.78, 5) is 11.7. The highest BCUT2D eigenvalue weighted by Crippen LogP contribution is 2.34. The van der Waals surface area contributed by atoms with Crippen molar-refractivity contribution in [3.05, 3.63) is 40.7 Å². The third-order valence-corrected chi connectivity index (χ3v) is 3.18. The number of benzene rings is 1. The normalized spacial score (nSPS) is 13.3. The van der Waals surface area contributed by atoms with E-state index in [1.165, 1.54) is 4.57 Å². The quantitative estimate of drug-likeness (QED) is 0.839. The molecule has 0 saturated heterocycles. The van der Waals surface area contributed by atoms with Crippen molar-refractivity contribution < 1.29 is 9.47 Å². The second-order valence-electron chi connectivity index (χ2n) is 4.42. The van der Waals surface area contributed by atoms with Crippen LogP contribution in [-0.4, -0.2) is 17.8 Å². The molecular formula is C14H14N2O3. The van der Waals surface area contributed by atoms with Gasteiger partial charge in [-0.1, -0.05) is 6.07 Å². The second kappa shape index (κ2) is 4.35. The van der Waals surface area contributed by atoms with E-state index in [0.29, 0.717) is 24.8 Å². The highest BCUT2D eigenvalue weighted by atomic mass is 16.6. The summed E-state index contributed by atoms with van der Waals surface area (Å²) in [5, 5.41) is 0. The van der Waals surface area contributed by atoms with Crippen molar-refractivity contribution in [1.29, 1.82) is 0 Å². The van der Waals surface area contributed by atoms with E-state index in [0.717, 1.165) is 16.9 Å². The lowest BCUT2D eigenvalue weighted by Gasteiger charge is -2.19. The Kier molecular flexibility index (Phi) is 2.67. The lowest BCUT2D eigenvalue weighted by molar-refractivity contribution is 0.171. The Morgan fingerprint density at radius 1 is 1.05 bits per heavy atom. The van der Waals surface area contributed by atoms with Crippen molar-refractivity contribution in [2.24, 2.45) is 7.05 Å². The Morgan fingerprint density at radius 3 is 2.53 bits per heavy atom. The lowest BCUT2D eigenvalue weighted by Crippen LogP contribution is -2.18. The molecule has 0 amide bonds. The molecule has 5 heteroatoms. The van der Waals surface area contributed by atoms with Crippen LogP contribution in [0.3, 0.4) is 0 Å². The van der Waals surface area contributed by atoms with Gasteiger partial charge in [0.2, 0.25) is 0 Å². The minimum atomic E-state index is -0.134. The first-order chi connectivity index (χ1) is 9.15. The molecule has 0 atom stereocenters. The number of nitrogens with zero attached hydrogens (tertiary/aromatic N) is 1. The van der Waals surface area contributed by atoms with E-state index >= 15 is 0 Å². The molecule has 2 N–H and O–H groups in total. The maximum atomic E-state index is 11.7. The molecule has 19 heavy (non-hydrogen) atoms. The van der Waals surface area contributed by atoms with Crippen LogP contribution in [0.25, 0.3) is 11.1 Å². The average molecular weight is 258 g/mol. The van der Waals surface area contributed by atoms with Crippen LogP contribution in [0.15, 0.2) is 35.1 Å². The van der Waals surface area contributed by atoms with E-state index in [4.69, 9.17) is 15.2 Å². The maximum absolute atomic E-state index is 11.7. The van der Waals surface area contributed by atoms with Crippen LogP contribution in [-0.2, 0) is 7.05 Å². The van der Waals surface area contributed by atoms with E-state index in [-0.39, 0.29) is 5.56 Å². The van der Waals surface area contributed by atoms with Crippen molar-refractivity contribution in [3.8, 4) is 22.6 Å². The fraction of sp³-hybridized carbons (Fsp3) is 0.214. The Bertz CT molecular complexity index is 692. The van der Waals surface area contributed by atoms with E-state index in [1.54, 1.807) is 19.2 Å². The summed E-state index contributed by atoms with van der Waals surface area (Å²) in [5.41, 5.74) is 7.33. The minimum absolute atomic E-state index is 0.134. The molecule has 0 aliphatic carbocycles. The Morgan fingerprint density at radius 2 is 1.79 bits per heavy atom. The molecule has 0 saturated carbocycles. The summed E-state index contributed by atoms with van der Waals surface area (Å²) >= 11 is 0. The molecule has 98 valence electrons. The molecule has 0 radical (unpaired) electrons. The van der Waals surface area contributed by atoms with Crippen LogP contribution in [0.1, 0.15) is 0 Å². The number of hydrogen-bond acceptors (Lipinski definition) is 4. The zero-order chi connectivity index (χ0) is 13.4. The number of pyridine rings is 1. The van der Waals surface area contributed by atoms with Crippen LogP contribution in [0.4, 0.5) is 5.82 Å². The van der Waals surface area contributed by atoms with Gasteiger partial charge in [-0.3, -0.25) is 9.36 Å². The summed E-state index contributed by atoms with van der Waals surface area (Å²) in [7, 11) is 1.64. The summed E-state index contributed by atoms with van der Waals surface area (Å²) in [6.45, 7) is 1.10. The average Bonchev–Trinajstić information content (AvgIpc) is 2.43. The van der Waals surface area contributed by atoms with Gasteiger partial charge in [0.25, 0.3) is 5.56 Å². The second-order valence-corrected chi connectivity index (χ2v) is 4.42. The molecule has 2 aromatic rings. The SMILES string of the molecule is Cn1c(N)cc(-c2ccc3c(c2)OCCO3)cc1=O. The molecule has 0 fully saturated rings. The largest absolute Gasteiger partial charge is 0.486 e. The van der Waals surface area contributed by atoms with E-state index < -0.39 is 0 Å². The van der Waals surface area contributed by atoms with Crippen molar-refractivity contribution in [3.63, 3.8) is 0 Å². The molecule has 1 aliphatic heterocycles. The Balaban J connectivity index is 2.09. The molecule has 0 spiro atoms. The van der Waals surface area contributed by atoms with Crippen LogP contribution in [0, 0.1) is 0 Å². The predicted molar refractivity (Wildman–Crippen MR) is 72.5 cm³/mol. The highest BCUT2D eigenvalue weighted by Gasteiger charge is 2.13. The monoisotopic (exact) mass is 258 g/mol. The molecule has 3 rings (SSSR count). The molecule has 5 nitrogen and oxygen atoms in total. The van der Waals surface area contributed by atoms with Crippen LogP contribution in [0.5, 0.6) is 11.5 Å². The number of nitrogen functional groups attached to an aromatic ring is 1. The number of rotatable bonds is 1. The lowest BCUT2D eigenvalue weighted by atomic mass is 10.1. The van der Waals surface area contributed by atoms with Gasteiger partial charge in [-0.15, -0.1) is 0 Å². The fourth-order valence-electron chi connectivity index (χ4n) is 2.04. The van der Waals surface area contributed by atoms with Gasteiger partial charge >= 0.3 is 0 Å². The van der Waals surface area contributed by atoms with Gasteiger partial charge < -0.3 is 15.2 Å². The smallest absolute Gasteiger partial charge is 0.252 e. The van der Waals surface area contributed by atoms with Crippen LogP contribution < -0.4 is 20.8 Å². The number of anilines is 1. The summed E-state index contributed by atoms with van der Waals surface area (Å²) in [6, 6.07) is 8.93. The van der Waals surface area contributed by atoms with Gasteiger partial charge in [0.05, 0.1) is 0 Å². The number of fused-ring (bicyclic) bond motifs is 1. The third kappa shape index (κ3) is 2.03. The topological polar surface area (TPSA) is 66.5 Å². The first-order valence-corrected chi connectivity index (χ1v) is 6.02. The third-order valence-electron chi connectivity index (χ3n) is 3.18. The summed E-state index contributed by atoms with van der Waals surface area (Å²) in [6.07, 6.45) is 0. The molecule has 1 aliphatic rings. The van der Waals surface area contributed by atoms with Gasteiger partial charge in [-0.2, -0.15) is 0 Å². The molecule has 0 unspecified atom stereocenters. The van der Waals surface area contributed by atoms with Crippen molar-refractivity contribution in [1.82, 2.24) is 4.57 Å². The van der Waals surface area contributed by atoms with Gasteiger partial charge in [0.1, 0.15) is 19.0 Å². The van der Waals surface area contributed by atoms with Crippen LogP contribution in [0.2, 0.25) is 0 Å². The number of ether oxygens (including phenoxy) is 2. The zero-order valence-corrected chi connectivity index (χ0v) is 10.6. The fourth-order valence-corrected chi connectivity index (χ4v) is 2.04. The number of hydrogen-bond donors (Lipinski definition) is 1. The van der Waals surface area contributed by atoms with E-state index in [9.17, 15) is 4.79 Å². The van der Waals surface area contributed by atoms with Crippen molar-refractivity contribution in [2.45, 2.75) is 0 Å². The van der Waals surface area contributed by atoms with Gasteiger partial charge in [0.15, 0.2) is 11.5 Å². The van der Waals surface area contributed by atoms with Gasteiger partial charge in [-0.05, 0) is 29.3 Å². The van der Waals surface area contributed by atoms with E-state index in [1.807, 2.05) is 18.2 Å². The highest BCUT2D eigenvalue weighted by molar-refractivity contribution is 5.69. The summed E-state index contributed by atoms with van der Waals surface area (Å²) in [5.74, 6) is 1.85. The molecule has 2 heterocycles. The molecular weight excluding hydrogens is 244 g/mol. The standard InChI is InChI=1S/C14H14N2O3/c1-16-13(15)7-10(8-14(16)17)9-2-3-11-12(6-9)19-5-4-18-11/h2-3,6-8H,4-5,15H2,1H3. The van der Waals surface area contributed by atoms with Crippen molar-refractivity contribution >= 4 is 5.82 Å². The van der Waals surface area contributed by atoms with Crippen molar-refractivity contribution in [2.75, 3.05) is 18.9 Å². The predicted octanol–water partition coefficient (Wildman–Crippen LogP) is 1.41. The molecule has 1 aromatic carbocycles. The number of nitrogens with two attached hydrogens (primary N) is 1. The number of aromatic nitrogens is 1. The van der Waals surface area contributed by atoms with E-state index in [2.05, 4.69) is 0 Å². The van der Waals surface area contributed by atoms with Crippen LogP contribution >= 0.6 is 0 Å². The molecule has 0 bridgehead atoms. The Hall–Kier alpha value is -2.43. The van der Waals surface area contributed by atoms with Gasteiger partial charge in [0, 0.05) is 13.1 Å². The minimum Gasteiger partial charge on any atom is -0.486 e.